The molecular weight excluding hydrogens is 351 g/mol. The zero-order valence-electron chi connectivity index (χ0n) is 15.2. The van der Waals surface area contributed by atoms with Crippen LogP contribution in [0.4, 0.5) is 9.39 Å². The van der Waals surface area contributed by atoms with Crippen LogP contribution in [0.1, 0.15) is 58.3 Å². The van der Waals surface area contributed by atoms with E-state index in [9.17, 15) is 14.0 Å². The first-order valence-electron chi connectivity index (χ1n) is 8.68. The molecule has 1 heterocycles. The van der Waals surface area contributed by atoms with Gasteiger partial charge in [-0.15, -0.1) is 11.3 Å². The topological polar surface area (TPSA) is 72.2 Å². The van der Waals surface area contributed by atoms with Crippen molar-refractivity contribution in [1.82, 2.24) is 0 Å². The van der Waals surface area contributed by atoms with Gasteiger partial charge in [-0.2, -0.15) is 0 Å². The Kier molecular flexibility index (Phi) is 4.88. The van der Waals surface area contributed by atoms with Crippen LogP contribution < -0.4 is 11.1 Å². The Bertz CT molecular complexity index is 867. The molecule has 4 nitrogen and oxygen atoms in total. The number of amides is 2. The van der Waals surface area contributed by atoms with Crippen LogP contribution in [0.2, 0.25) is 0 Å². The average molecular weight is 374 g/mol. The minimum Gasteiger partial charge on any atom is -0.365 e. The van der Waals surface area contributed by atoms with Gasteiger partial charge < -0.3 is 11.1 Å². The first-order valence-corrected chi connectivity index (χ1v) is 9.50. The third kappa shape index (κ3) is 3.51. The Hall–Kier alpha value is -2.21. The van der Waals surface area contributed by atoms with E-state index in [4.69, 9.17) is 5.73 Å². The lowest BCUT2D eigenvalue weighted by molar-refractivity contribution is 0.1000. The highest BCUT2D eigenvalue weighted by atomic mass is 32.1. The molecule has 2 amide bonds. The second-order valence-corrected chi connectivity index (χ2v) is 8.92. The summed E-state index contributed by atoms with van der Waals surface area (Å²) in [6.45, 7) is 6.64. The molecule has 0 saturated carbocycles. The van der Waals surface area contributed by atoms with Crippen molar-refractivity contribution in [2.45, 2.75) is 40.0 Å². The maximum absolute atomic E-state index is 13.9. The van der Waals surface area contributed by atoms with E-state index in [1.807, 2.05) is 0 Å². The predicted octanol–water partition coefficient (Wildman–Crippen LogP) is 4.39. The smallest absolute Gasteiger partial charge is 0.259 e. The summed E-state index contributed by atoms with van der Waals surface area (Å²) in [6, 6.07) is 5.77. The van der Waals surface area contributed by atoms with Crippen molar-refractivity contribution in [2.24, 2.45) is 17.1 Å². The number of fused-ring (bicyclic) bond motifs is 1. The molecule has 0 aliphatic heterocycles. The van der Waals surface area contributed by atoms with Crippen LogP contribution in [0.15, 0.2) is 24.3 Å². The number of hydrogen-bond donors (Lipinski definition) is 2. The van der Waals surface area contributed by atoms with Gasteiger partial charge in [0.15, 0.2) is 0 Å². The summed E-state index contributed by atoms with van der Waals surface area (Å²) < 4.78 is 13.9. The molecule has 1 aromatic carbocycles. The predicted molar refractivity (Wildman–Crippen MR) is 102 cm³/mol. The number of carbonyl (C=O) groups is 2. The van der Waals surface area contributed by atoms with Crippen molar-refractivity contribution in [2.75, 3.05) is 5.32 Å². The monoisotopic (exact) mass is 374 g/mol. The Morgan fingerprint density at radius 3 is 2.58 bits per heavy atom. The molecule has 1 atom stereocenters. The van der Waals surface area contributed by atoms with Gasteiger partial charge in [-0.25, -0.2) is 4.39 Å². The SMILES string of the molecule is CC(C)(C)[C@@H]1CCc2c(sc(NC(=O)c3ccccc3F)c2C(N)=O)C1. The summed E-state index contributed by atoms with van der Waals surface area (Å²) in [5.74, 6) is -1.22. The van der Waals surface area contributed by atoms with Crippen LogP contribution in [-0.2, 0) is 12.8 Å². The molecule has 0 bridgehead atoms. The summed E-state index contributed by atoms with van der Waals surface area (Å²) in [5, 5.41) is 3.12. The molecule has 3 N–H and O–H groups in total. The molecular formula is C20H23FN2O2S. The van der Waals surface area contributed by atoms with Crippen LogP contribution in [0, 0.1) is 17.2 Å². The number of benzene rings is 1. The van der Waals surface area contributed by atoms with Crippen LogP contribution in [-0.4, -0.2) is 11.8 Å². The standard InChI is InChI=1S/C20H23FN2O2S/c1-20(2,3)11-8-9-13-15(10-11)26-19(16(13)17(22)24)23-18(25)12-6-4-5-7-14(12)21/h4-7,11H,8-10H2,1-3H3,(H2,22,24)(H,23,25)/t11-/m1/s1. The van der Waals surface area contributed by atoms with Crippen LogP contribution in [0.25, 0.3) is 0 Å². The van der Waals surface area contributed by atoms with E-state index in [-0.39, 0.29) is 11.0 Å². The average Bonchev–Trinajstić information content (AvgIpc) is 2.91. The third-order valence-corrected chi connectivity index (χ3v) is 6.25. The number of hydrogen-bond acceptors (Lipinski definition) is 3. The lowest BCUT2D eigenvalue weighted by Crippen LogP contribution is -2.27. The van der Waals surface area contributed by atoms with Crippen LogP contribution in [0.5, 0.6) is 0 Å². The zero-order chi connectivity index (χ0) is 19.1. The van der Waals surface area contributed by atoms with E-state index in [2.05, 4.69) is 26.1 Å². The molecule has 6 heteroatoms. The van der Waals surface area contributed by atoms with E-state index in [1.54, 1.807) is 6.07 Å². The van der Waals surface area contributed by atoms with Crippen LogP contribution >= 0.6 is 11.3 Å². The van der Waals surface area contributed by atoms with Gasteiger partial charge in [-0.3, -0.25) is 9.59 Å². The fraction of sp³-hybridized carbons (Fsp3) is 0.400. The lowest BCUT2D eigenvalue weighted by atomic mass is 9.72. The van der Waals surface area contributed by atoms with Gasteiger partial charge in [0, 0.05) is 4.88 Å². The second kappa shape index (κ2) is 6.83. The van der Waals surface area contributed by atoms with Gasteiger partial charge in [-0.05, 0) is 48.3 Å². The van der Waals surface area contributed by atoms with Gasteiger partial charge >= 0.3 is 0 Å². The van der Waals surface area contributed by atoms with Gasteiger partial charge in [0.2, 0.25) is 0 Å². The molecule has 0 unspecified atom stereocenters. The maximum atomic E-state index is 13.9. The van der Waals surface area contributed by atoms with Crippen molar-refractivity contribution in [3.63, 3.8) is 0 Å². The molecule has 138 valence electrons. The summed E-state index contributed by atoms with van der Waals surface area (Å²) in [4.78, 5) is 25.6. The molecule has 0 saturated heterocycles. The van der Waals surface area contributed by atoms with Crippen molar-refractivity contribution in [3.05, 3.63) is 51.7 Å². The number of nitrogens with two attached hydrogens (primary N) is 1. The molecule has 1 aliphatic rings. The fourth-order valence-electron chi connectivity index (χ4n) is 3.49. The normalized spacial score (nSPS) is 16.8. The Balaban J connectivity index is 1.94. The highest BCUT2D eigenvalue weighted by Crippen LogP contribution is 2.44. The molecule has 3 rings (SSSR count). The number of thiophene rings is 1. The van der Waals surface area contributed by atoms with E-state index in [1.165, 1.54) is 29.5 Å². The van der Waals surface area contributed by atoms with E-state index >= 15 is 0 Å². The van der Waals surface area contributed by atoms with E-state index < -0.39 is 17.6 Å². The number of primary amides is 1. The molecule has 2 aromatic rings. The van der Waals surface area contributed by atoms with Crippen molar-refractivity contribution in [3.8, 4) is 0 Å². The van der Waals surface area contributed by atoms with Crippen LogP contribution in [0.3, 0.4) is 0 Å². The quantitative estimate of drug-likeness (QED) is 0.836. The molecule has 1 aliphatic carbocycles. The maximum Gasteiger partial charge on any atom is 0.259 e. The number of carbonyl (C=O) groups excluding carboxylic acids is 2. The van der Waals surface area contributed by atoms with Crippen molar-refractivity contribution >= 4 is 28.2 Å². The summed E-state index contributed by atoms with van der Waals surface area (Å²) in [5.41, 5.74) is 7.02. The lowest BCUT2D eigenvalue weighted by Gasteiger charge is -2.33. The number of halogens is 1. The minimum absolute atomic E-state index is 0.0538. The second-order valence-electron chi connectivity index (χ2n) is 7.81. The Labute approximate surface area is 156 Å². The first kappa shape index (κ1) is 18.6. The number of nitrogens with one attached hydrogen (secondary N) is 1. The fourth-order valence-corrected chi connectivity index (χ4v) is 4.82. The van der Waals surface area contributed by atoms with Gasteiger partial charge in [0.05, 0.1) is 11.1 Å². The Morgan fingerprint density at radius 1 is 1.27 bits per heavy atom. The molecule has 0 fully saturated rings. The first-order chi connectivity index (χ1) is 12.2. The number of rotatable bonds is 3. The Morgan fingerprint density at radius 2 is 1.96 bits per heavy atom. The highest BCUT2D eigenvalue weighted by Gasteiger charge is 2.33. The van der Waals surface area contributed by atoms with Gasteiger partial charge in [0.1, 0.15) is 10.8 Å². The van der Waals surface area contributed by atoms with Crippen molar-refractivity contribution < 1.29 is 14.0 Å². The molecule has 0 radical (unpaired) electrons. The van der Waals surface area contributed by atoms with Crippen molar-refractivity contribution in [1.29, 1.82) is 0 Å². The molecule has 26 heavy (non-hydrogen) atoms. The van der Waals surface area contributed by atoms with Gasteiger partial charge in [0.25, 0.3) is 11.8 Å². The zero-order valence-corrected chi connectivity index (χ0v) is 16.0. The summed E-state index contributed by atoms with van der Waals surface area (Å²) in [6.07, 6.45) is 2.61. The largest absolute Gasteiger partial charge is 0.365 e. The van der Waals surface area contributed by atoms with Gasteiger partial charge in [-0.1, -0.05) is 32.9 Å². The number of anilines is 1. The molecule has 1 aromatic heterocycles. The summed E-state index contributed by atoms with van der Waals surface area (Å²) >= 11 is 1.38. The minimum atomic E-state index is -0.597. The summed E-state index contributed by atoms with van der Waals surface area (Å²) in [7, 11) is 0. The highest BCUT2D eigenvalue weighted by molar-refractivity contribution is 7.17. The third-order valence-electron chi connectivity index (χ3n) is 5.08. The van der Waals surface area contributed by atoms with E-state index in [0.29, 0.717) is 16.5 Å². The van der Waals surface area contributed by atoms with E-state index in [0.717, 1.165) is 29.7 Å². The molecule has 0 spiro atoms.